The van der Waals surface area contributed by atoms with Gasteiger partial charge < -0.3 is 16.8 Å². The lowest BCUT2D eigenvalue weighted by Gasteiger charge is -2.26. The van der Waals surface area contributed by atoms with E-state index in [1.807, 2.05) is 20.8 Å². The third-order valence-electron chi connectivity index (χ3n) is 3.04. The second-order valence-electron chi connectivity index (χ2n) is 5.78. The first-order valence-corrected chi connectivity index (χ1v) is 6.64. The number of hydrogen-bond donors (Lipinski definition) is 3. The number of benzene rings is 1. The van der Waals surface area contributed by atoms with Gasteiger partial charge in [-0.3, -0.25) is 9.59 Å². The van der Waals surface area contributed by atoms with Crippen molar-refractivity contribution >= 4 is 29.1 Å². The Morgan fingerprint density at radius 2 is 1.95 bits per heavy atom. The summed E-state index contributed by atoms with van der Waals surface area (Å²) in [5.41, 5.74) is 11.7. The van der Waals surface area contributed by atoms with Gasteiger partial charge in [-0.2, -0.15) is 0 Å². The van der Waals surface area contributed by atoms with Crippen molar-refractivity contribution in [3.8, 4) is 0 Å². The Bertz CT molecular complexity index is 524. The summed E-state index contributed by atoms with van der Waals surface area (Å²) in [6.07, 6.45) is 0.207. The van der Waals surface area contributed by atoms with Gasteiger partial charge in [0.25, 0.3) is 0 Å². The first kappa shape index (κ1) is 16.5. The zero-order valence-corrected chi connectivity index (χ0v) is 12.6. The van der Waals surface area contributed by atoms with Crippen molar-refractivity contribution in [1.29, 1.82) is 0 Å². The van der Waals surface area contributed by atoms with Crippen LogP contribution in [0, 0.1) is 5.41 Å². The molecule has 0 saturated carbocycles. The van der Waals surface area contributed by atoms with Crippen molar-refractivity contribution in [3.05, 3.63) is 28.8 Å². The summed E-state index contributed by atoms with van der Waals surface area (Å²) in [5, 5.41) is 2.90. The minimum Gasteiger partial charge on any atom is -0.366 e. The van der Waals surface area contributed by atoms with E-state index in [1.165, 1.54) is 12.1 Å². The minimum absolute atomic E-state index is 0.148. The van der Waals surface area contributed by atoms with Crippen LogP contribution in [0.15, 0.2) is 18.2 Å². The van der Waals surface area contributed by atoms with Gasteiger partial charge in [0.05, 0.1) is 10.6 Å². The van der Waals surface area contributed by atoms with E-state index in [1.54, 1.807) is 6.07 Å². The molecule has 1 aromatic rings. The highest BCUT2D eigenvalue weighted by Gasteiger charge is 2.23. The number of carbonyl (C=O) groups excluding carboxylic acids is 2. The number of primary amides is 1. The molecule has 0 aliphatic heterocycles. The molecule has 0 fully saturated rings. The van der Waals surface area contributed by atoms with E-state index in [-0.39, 0.29) is 34.4 Å². The van der Waals surface area contributed by atoms with Gasteiger partial charge in [0.2, 0.25) is 11.8 Å². The van der Waals surface area contributed by atoms with Crippen LogP contribution in [0.4, 0.5) is 5.69 Å². The Hall–Kier alpha value is -1.59. The molecule has 0 bridgehead atoms. The molecule has 1 atom stereocenters. The van der Waals surface area contributed by atoms with Crippen molar-refractivity contribution in [2.45, 2.75) is 33.2 Å². The van der Waals surface area contributed by atoms with Gasteiger partial charge in [-0.1, -0.05) is 32.4 Å². The van der Waals surface area contributed by atoms with E-state index in [2.05, 4.69) is 5.32 Å². The predicted octanol–water partition coefficient (Wildman–Crippen LogP) is 2.14. The number of amides is 2. The second kappa shape index (κ2) is 6.24. The number of halogens is 1. The Morgan fingerprint density at radius 3 is 2.40 bits per heavy atom. The largest absolute Gasteiger partial charge is 0.366 e. The number of hydrogen-bond acceptors (Lipinski definition) is 3. The summed E-state index contributed by atoms with van der Waals surface area (Å²) in [6, 6.07) is 4.29. The first-order valence-electron chi connectivity index (χ1n) is 6.26. The highest BCUT2D eigenvalue weighted by atomic mass is 35.5. The fraction of sp³-hybridized carbons (Fsp3) is 0.429. The molecule has 0 aromatic heterocycles. The summed E-state index contributed by atoms with van der Waals surface area (Å²) in [7, 11) is 0. The van der Waals surface area contributed by atoms with Crippen LogP contribution >= 0.6 is 11.6 Å². The van der Waals surface area contributed by atoms with Gasteiger partial charge in [0.15, 0.2) is 0 Å². The number of rotatable bonds is 4. The molecule has 5 nitrogen and oxygen atoms in total. The van der Waals surface area contributed by atoms with Crippen LogP contribution in [0.3, 0.4) is 0 Å². The topological polar surface area (TPSA) is 98.2 Å². The van der Waals surface area contributed by atoms with E-state index in [4.69, 9.17) is 23.1 Å². The van der Waals surface area contributed by atoms with E-state index in [0.717, 1.165) is 0 Å². The smallest absolute Gasteiger partial charge is 0.250 e. The molecule has 1 rings (SSSR count). The maximum atomic E-state index is 11.9. The third kappa shape index (κ3) is 4.51. The average molecular weight is 298 g/mol. The molecule has 2 amide bonds. The van der Waals surface area contributed by atoms with E-state index < -0.39 is 5.91 Å². The lowest BCUT2D eigenvalue weighted by Crippen LogP contribution is -2.38. The Kier molecular flexibility index (Phi) is 5.14. The quantitative estimate of drug-likeness (QED) is 0.794. The molecule has 0 aliphatic carbocycles. The van der Waals surface area contributed by atoms with E-state index in [0.29, 0.717) is 5.69 Å². The van der Waals surface area contributed by atoms with Crippen molar-refractivity contribution in [2.24, 2.45) is 16.9 Å². The van der Waals surface area contributed by atoms with Crippen LogP contribution < -0.4 is 16.8 Å². The van der Waals surface area contributed by atoms with Crippen molar-refractivity contribution in [1.82, 2.24) is 0 Å². The Balaban J connectivity index is 2.72. The molecular weight excluding hydrogens is 278 g/mol. The van der Waals surface area contributed by atoms with Gasteiger partial charge in [0, 0.05) is 18.2 Å². The monoisotopic (exact) mass is 297 g/mol. The zero-order valence-electron chi connectivity index (χ0n) is 11.9. The maximum Gasteiger partial charge on any atom is 0.250 e. The highest BCUT2D eigenvalue weighted by Crippen LogP contribution is 2.22. The van der Waals surface area contributed by atoms with Crippen LogP contribution in [0.5, 0.6) is 0 Å². The molecule has 0 heterocycles. The Morgan fingerprint density at radius 1 is 1.35 bits per heavy atom. The molecule has 1 aromatic carbocycles. The highest BCUT2D eigenvalue weighted by molar-refractivity contribution is 6.34. The fourth-order valence-electron chi connectivity index (χ4n) is 1.51. The van der Waals surface area contributed by atoms with E-state index in [9.17, 15) is 9.59 Å². The Labute approximate surface area is 123 Å². The van der Waals surface area contributed by atoms with E-state index >= 15 is 0 Å². The molecule has 110 valence electrons. The standard InChI is InChI=1S/C14H20ClN3O2/c1-14(2,3)11(16)7-12(19)18-8-4-5-9(13(17)20)10(15)6-8/h4-6,11H,7,16H2,1-3H3,(H2,17,20)(H,18,19). The van der Waals surface area contributed by atoms with Gasteiger partial charge in [-0.15, -0.1) is 0 Å². The van der Waals surface area contributed by atoms with Gasteiger partial charge in [-0.05, 0) is 23.6 Å². The molecule has 5 N–H and O–H groups in total. The summed E-state index contributed by atoms with van der Waals surface area (Å²) in [6.45, 7) is 5.93. The zero-order chi connectivity index (χ0) is 15.5. The number of nitrogens with two attached hydrogens (primary N) is 2. The van der Waals surface area contributed by atoms with Crippen LogP contribution in [0.2, 0.25) is 5.02 Å². The second-order valence-corrected chi connectivity index (χ2v) is 6.19. The van der Waals surface area contributed by atoms with Crippen LogP contribution in [-0.4, -0.2) is 17.9 Å². The van der Waals surface area contributed by atoms with Crippen molar-refractivity contribution in [3.63, 3.8) is 0 Å². The van der Waals surface area contributed by atoms with Gasteiger partial charge >= 0.3 is 0 Å². The normalized spacial score (nSPS) is 12.8. The lowest BCUT2D eigenvalue weighted by atomic mass is 9.85. The van der Waals surface area contributed by atoms with Crippen molar-refractivity contribution in [2.75, 3.05) is 5.32 Å². The van der Waals surface area contributed by atoms with Crippen LogP contribution in [-0.2, 0) is 4.79 Å². The summed E-state index contributed by atoms with van der Waals surface area (Å²) >= 11 is 5.91. The van der Waals surface area contributed by atoms with Crippen molar-refractivity contribution < 1.29 is 9.59 Å². The fourth-order valence-corrected chi connectivity index (χ4v) is 1.78. The lowest BCUT2D eigenvalue weighted by molar-refractivity contribution is -0.117. The molecule has 0 saturated heterocycles. The van der Waals surface area contributed by atoms with Gasteiger partial charge in [-0.25, -0.2) is 0 Å². The summed E-state index contributed by atoms with van der Waals surface area (Å²) in [4.78, 5) is 22.9. The average Bonchev–Trinajstić information content (AvgIpc) is 2.26. The summed E-state index contributed by atoms with van der Waals surface area (Å²) < 4.78 is 0. The van der Waals surface area contributed by atoms with Crippen LogP contribution in [0.25, 0.3) is 0 Å². The molecule has 20 heavy (non-hydrogen) atoms. The third-order valence-corrected chi connectivity index (χ3v) is 3.35. The molecule has 0 aliphatic rings. The SMILES string of the molecule is CC(C)(C)C(N)CC(=O)Nc1ccc(C(N)=O)c(Cl)c1. The summed E-state index contributed by atoms with van der Waals surface area (Å²) in [5.74, 6) is -0.807. The minimum atomic E-state index is -0.609. The molecular formula is C14H20ClN3O2. The molecule has 0 radical (unpaired) electrons. The molecule has 1 unspecified atom stereocenters. The first-order chi connectivity index (χ1) is 9.11. The number of nitrogens with one attached hydrogen (secondary N) is 1. The number of carbonyl (C=O) groups is 2. The predicted molar refractivity (Wildman–Crippen MR) is 80.6 cm³/mol. The van der Waals surface area contributed by atoms with Crippen LogP contribution in [0.1, 0.15) is 37.6 Å². The molecule has 0 spiro atoms. The van der Waals surface area contributed by atoms with Gasteiger partial charge in [0.1, 0.15) is 0 Å². The molecule has 6 heteroatoms. The number of anilines is 1. The maximum absolute atomic E-state index is 11.9.